The summed E-state index contributed by atoms with van der Waals surface area (Å²) in [5, 5.41) is 10.3. The Morgan fingerprint density at radius 3 is 2.61 bits per heavy atom. The Bertz CT molecular complexity index is 879. The van der Waals surface area contributed by atoms with Crippen LogP contribution in [-0.4, -0.2) is 86.2 Å². The summed E-state index contributed by atoms with van der Waals surface area (Å²) in [5.74, 6) is -0.0204. The highest BCUT2D eigenvalue weighted by molar-refractivity contribution is 5.93. The molecule has 0 unspecified atom stereocenters. The molecule has 7 heteroatoms. The second-order valence-electron chi connectivity index (χ2n) is 7.95. The molecule has 1 fully saturated rings. The van der Waals surface area contributed by atoms with Crippen molar-refractivity contribution in [3.63, 3.8) is 0 Å². The van der Waals surface area contributed by atoms with Crippen LogP contribution in [0.5, 0.6) is 0 Å². The summed E-state index contributed by atoms with van der Waals surface area (Å²) < 4.78 is 5.70. The lowest BCUT2D eigenvalue weighted by Gasteiger charge is -2.25. The third-order valence-electron chi connectivity index (χ3n) is 5.42. The predicted octanol–water partition coefficient (Wildman–Crippen LogP) is 0.967. The van der Waals surface area contributed by atoms with Crippen LogP contribution in [-0.2, 0) is 0 Å². The molecule has 1 N–H and O–H groups in total. The van der Waals surface area contributed by atoms with Gasteiger partial charge in [0.2, 0.25) is 0 Å². The van der Waals surface area contributed by atoms with Crippen molar-refractivity contribution in [1.82, 2.24) is 14.7 Å². The predicted molar refractivity (Wildman–Crippen MR) is 109 cm³/mol. The zero-order valence-electron chi connectivity index (χ0n) is 16.8. The van der Waals surface area contributed by atoms with Gasteiger partial charge in [0.15, 0.2) is 11.2 Å². The minimum Gasteiger partial charge on any atom is -0.451 e. The van der Waals surface area contributed by atoms with E-state index in [2.05, 4.69) is 16.8 Å². The lowest BCUT2D eigenvalue weighted by atomic mass is 9.96. The standard InChI is InChI=1S/C21H29N3O4/c1-22(2)8-9-23(3)11-15-12-24(13-16(15)14-25)21(27)20-10-18(26)17-6-4-5-7-19(17)28-20/h4-7,10,15-16,25H,8-9,11-14H2,1-3H3/t15-,16-/m1/s1. The second-order valence-corrected chi connectivity index (χ2v) is 7.95. The first-order valence-electron chi connectivity index (χ1n) is 9.65. The molecule has 0 bridgehead atoms. The van der Waals surface area contributed by atoms with Crippen LogP contribution < -0.4 is 5.43 Å². The highest BCUT2D eigenvalue weighted by Crippen LogP contribution is 2.26. The molecule has 1 aromatic carbocycles. The van der Waals surface area contributed by atoms with Gasteiger partial charge in [-0.1, -0.05) is 12.1 Å². The summed E-state index contributed by atoms with van der Waals surface area (Å²) in [7, 11) is 6.14. The molecular weight excluding hydrogens is 358 g/mol. The van der Waals surface area contributed by atoms with Gasteiger partial charge in [-0.15, -0.1) is 0 Å². The first-order valence-corrected chi connectivity index (χ1v) is 9.65. The number of fused-ring (bicyclic) bond motifs is 1. The van der Waals surface area contributed by atoms with Crippen LogP contribution in [0.4, 0.5) is 0 Å². The average molecular weight is 387 g/mol. The minimum atomic E-state index is -0.292. The molecule has 0 spiro atoms. The first-order chi connectivity index (χ1) is 13.4. The van der Waals surface area contributed by atoms with Crippen LogP contribution in [0.25, 0.3) is 11.0 Å². The van der Waals surface area contributed by atoms with Gasteiger partial charge in [0.25, 0.3) is 5.91 Å². The van der Waals surface area contributed by atoms with Gasteiger partial charge in [-0.2, -0.15) is 0 Å². The van der Waals surface area contributed by atoms with E-state index in [1.165, 1.54) is 6.07 Å². The third-order valence-corrected chi connectivity index (χ3v) is 5.42. The minimum absolute atomic E-state index is 0.0259. The van der Waals surface area contributed by atoms with Gasteiger partial charge in [0.1, 0.15) is 5.58 Å². The van der Waals surface area contributed by atoms with Crippen LogP contribution in [0, 0.1) is 11.8 Å². The van der Waals surface area contributed by atoms with Crippen molar-refractivity contribution in [3.05, 3.63) is 46.3 Å². The fraction of sp³-hybridized carbons (Fsp3) is 0.524. The molecule has 0 aliphatic carbocycles. The quantitative estimate of drug-likeness (QED) is 0.763. The van der Waals surface area contributed by atoms with Gasteiger partial charge in [-0.05, 0) is 39.2 Å². The molecule has 152 valence electrons. The molecule has 28 heavy (non-hydrogen) atoms. The smallest absolute Gasteiger partial charge is 0.289 e. The van der Waals surface area contributed by atoms with Gasteiger partial charge < -0.3 is 24.2 Å². The highest BCUT2D eigenvalue weighted by atomic mass is 16.3. The number of carbonyl (C=O) groups excluding carboxylic acids is 1. The molecule has 3 rings (SSSR count). The van der Waals surface area contributed by atoms with E-state index in [-0.39, 0.29) is 35.5 Å². The maximum Gasteiger partial charge on any atom is 0.289 e. The Morgan fingerprint density at radius 1 is 1.18 bits per heavy atom. The van der Waals surface area contributed by atoms with E-state index in [0.29, 0.717) is 24.1 Å². The highest BCUT2D eigenvalue weighted by Gasteiger charge is 2.36. The molecular formula is C21H29N3O4. The van der Waals surface area contributed by atoms with Crippen LogP contribution in [0.2, 0.25) is 0 Å². The number of nitrogens with zero attached hydrogens (tertiary/aromatic N) is 3. The number of hydrogen-bond acceptors (Lipinski definition) is 6. The lowest BCUT2D eigenvalue weighted by molar-refractivity contribution is 0.0748. The number of carbonyl (C=O) groups is 1. The van der Waals surface area contributed by atoms with E-state index < -0.39 is 0 Å². The van der Waals surface area contributed by atoms with E-state index >= 15 is 0 Å². The maximum atomic E-state index is 12.9. The number of hydrogen-bond donors (Lipinski definition) is 1. The van der Waals surface area contributed by atoms with Gasteiger partial charge in [0, 0.05) is 51.3 Å². The van der Waals surface area contributed by atoms with Crippen molar-refractivity contribution in [2.45, 2.75) is 0 Å². The summed E-state index contributed by atoms with van der Waals surface area (Å²) in [4.78, 5) is 31.3. The van der Waals surface area contributed by atoms with Gasteiger partial charge in [-0.3, -0.25) is 9.59 Å². The SMILES string of the molecule is CN(C)CCN(C)C[C@@H]1CN(C(=O)c2cc(=O)c3ccccc3o2)C[C@@H]1CO. The summed E-state index contributed by atoms with van der Waals surface area (Å²) in [6.45, 7) is 3.75. The molecule has 7 nitrogen and oxygen atoms in total. The molecule has 2 aromatic rings. The Balaban J connectivity index is 1.72. The Morgan fingerprint density at radius 2 is 1.89 bits per heavy atom. The maximum absolute atomic E-state index is 12.9. The number of amides is 1. The fourth-order valence-corrected chi connectivity index (χ4v) is 3.75. The molecule has 0 saturated carbocycles. The lowest BCUT2D eigenvalue weighted by Crippen LogP contribution is -2.35. The van der Waals surface area contributed by atoms with Crippen LogP contribution in [0.1, 0.15) is 10.6 Å². The van der Waals surface area contributed by atoms with E-state index in [9.17, 15) is 14.7 Å². The van der Waals surface area contributed by atoms with Crippen LogP contribution in [0.3, 0.4) is 0 Å². The number of aliphatic hydroxyl groups excluding tert-OH is 1. The van der Waals surface area contributed by atoms with Gasteiger partial charge >= 0.3 is 0 Å². The number of aliphatic hydroxyl groups is 1. The number of benzene rings is 1. The summed E-state index contributed by atoms with van der Waals surface area (Å²) in [6.07, 6.45) is 0. The number of likely N-dealkylation sites (N-methyl/N-ethyl adjacent to an activating group) is 2. The van der Waals surface area contributed by atoms with Crippen molar-refractivity contribution in [3.8, 4) is 0 Å². The van der Waals surface area contributed by atoms with Crippen LogP contribution in [0.15, 0.2) is 39.5 Å². The Kier molecular flexibility index (Phi) is 6.49. The number of para-hydroxylation sites is 1. The van der Waals surface area contributed by atoms with Crippen molar-refractivity contribution in [2.24, 2.45) is 11.8 Å². The first kappa shape index (κ1) is 20.5. The summed E-state index contributed by atoms with van der Waals surface area (Å²) in [6, 6.07) is 8.19. The van der Waals surface area contributed by atoms with E-state index in [0.717, 1.165) is 19.6 Å². The summed E-state index contributed by atoms with van der Waals surface area (Å²) in [5.41, 5.74) is 0.194. The Hall–Kier alpha value is -2.22. The molecule has 1 aliphatic heterocycles. The molecule has 0 radical (unpaired) electrons. The van der Waals surface area contributed by atoms with E-state index in [4.69, 9.17) is 4.42 Å². The zero-order valence-corrected chi connectivity index (χ0v) is 16.8. The third kappa shape index (κ3) is 4.60. The van der Waals surface area contributed by atoms with Crippen molar-refractivity contribution in [2.75, 3.05) is 60.5 Å². The fourth-order valence-electron chi connectivity index (χ4n) is 3.75. The molecule has 2 atom stereocenters. The molecule has 1 aromatic heterocycles. The molecule has 2 heterocycles. The monoisotopic (exact) mass is 387 g/mol. The molecule has 1 saturated heterocycles. The molecule has 1 aliphatic rings. The molecule has 1 amide bonds. The van der Waals surface area contributed by atoms with E-state index in [1.807, 2.05) is 14.1 Å². The van der Waals surface area contributed by atoms with Gasteiger partial charge in [-0.25, -0.2) is 0 Å². The van der Waals surface area contributed by atoms with E-state index in [1.54, 1.807) is 29.2 Å². The second kappa shape index (κ2) is 8.86. The topological polar surface area (TPSA) is 77.2 Å². The van der Waals surface area contributed by atoms with Gasteiger partial charge in [0.05, 0.1) is 5.39 Å². The normalized spacial score (nSPS) is 19.9. The number of likely N-dealkylation sites (tertiary alicyclic amines) is 1. The Labute approximate surface area is 165 Å². The number of rotatable bonds is 7. The van der Waals surface area contributed by atoms with Crippen molar-refractivity contribution in [1.29, 1.82) is 0 Å². The van der Waals surface area contributed by atoms with Crippen LogP contribution >= 0.6 is 0 Å². The van der Waals surface area contributed by atoms with Crippen molar-refractivity contribution < 1.29 is 14.3 Å². The van der Waals surface area contributed by atoms with Crippen molar-refractivity contribution >= 4 is 16.9 Å². The average Bonchev–Trinajstić information content (AvgIpc) is 3.08. The zero-order chi connectivity index (χ0) is 20.3. The summed E-state index contributed by atoms with van der Waals surface area (Å²) >= 11 is 0. The largest absolute Gasteiger partial charge is 0.451 e.